The Bertz CT molecular complexity index is 373. The van der Waals surface area contributed by atoms with Crippen LogP contribution >= 0.6 is 27.3 Å². The van der Waals surface area contributed by atoms with Gasteiger partial charge in [0.15, 0.2) is 5.78 Å². The molecule has 1 rings (SSSR count). The van der Waals surface area contributed by atoms with E-state index in [4.69, 9.17) is 4.74 Å². The van der Waals surface area contributed by atoms with Crippen LogP contribution in [0.15, 0.2) is 12.1 Å². The van der Waals surface area contributed by atoms with E-state index in [0.29, 0.717) is 22.8 Å². The fourth-order valence-corrected chi connectivity index (χ4v) is 2.30. The molecule has 0 atom stereocenters. The third-order valence-corrected chi connectivity index (χ3v) is 3.56. The van der Waals surface area contributed by atoms with Crippen LogP contribution in [0, 0.1) is 0 Å². The molecule has 0 fully saturated rings. The lowest BCUT2D eigenvalue weighted by Gasteiger charge is -1.97. The first-order valence-corrected chi connectivity index (χ1v) is 6.99. The summed E-state index contributed by atoms with van der Waals surface area (Å²) >= 11 is 4.48. The van der Waals surface area contributed by atoms with Crippen molar-refractivity contribution >= 4 is 39.0 Å². The SMILES string of the molecule is CCOC(=O)c1ccc(C(=O)CCCBr)s1. The Balaban J connectivity index is 2.63. The Morgan fingerprint density at radius 1 is 1.38 bits per heavy atom. The van der Waals surface area contributed by atoms with E-state index in [1.165, 1.54) is 11.3 Å². The molecule has 0 saturated carbocycles. The summed E-state index contributed by atoms with van der Waals surface area (Å²) < 4.78 is 4.85. The van der Waals surface area contributed by atoms with Crippen molar-refractivity contribution in [2.24, 2.45) is 0 Å². The molecule has 0 unspecified atom stereocenters. The lowest BCUT2D eigenvalue weighted by molar-refractivity contribution is 0.0532. The number of carbonyl (C=O) groups excluding carboxylic acids is 2. The van der Waals surface area contributed by atoms with Crippen LogP contribution in [-0.2, 0) is 4.74 Å². The van der Waals surface area contributed by atoms with Gasteiger partial charge in [0.05, 0.1) is 11.5 Å². The van der Waals surface area contributed by atoms with Gasteiger partial charge in [-0.25, -0.2) is 4.79 Å². The molecule has 0 bridgehead atoms. The van der Waals surface area contributed by atoms with Crippen LogP contribution in [0.2, 0.25) is 0 Å². The van der Waals surface area contributed by atoms with Crippen LogP contribution in [-0.4, -0.2) is 23.7 Å². The molecular weight excluding hydrogens is 292 g/mol. The molecule has 1 heterocycles. The van der Waals surface area contributed by atoms with E-state index in [2.05, 4.69) is 15.9 Å². The first kappa shape index (κ1) is 13.4. The minimum atomic E-state index is -0.355. The molecule has 0 N–H and O–H groups in total. The summed E-state index contributed by atoms with van der Waals surface area (Å²) in [6.45, 7) is 2.11. The first-order valence-electron chi connectivity index (χ1n) is 5.05. The fraction of sp³-hybridized carbons (Fsp3) is 0.455. The van der Waals surface area contributed by atoms with Crippen molar-refractivity contribution in [3.05, 3.63) is 21.9 Å². The zero-order chi connectivity index (χ0) is 12.0. The molecule has 0 amide bonds. The lowest BCUT2D eigenvalue weighted by atomic mass is 10.2. The molecule has 1 aromatic heterocycles. The summed E-state index contributed by atoms with van der Waals surface area (Å²) in [6.07, 6.45) is 1.32. The average Bonchev–Trinajstić information content (AvgIpc) is 2.75. The molecule has 0 saturated heterocycles. The van der Waals surface area contributed by atoms with E-state index in [0.717, 1.165) is 11.8 Å². The number of hydrogen-bond acceptors (Lipinski definition) is 4. The second-order valence-corrected chi connectivity index (χ2v) is 4.98. The van der Waals surface area contributed by atoms with Gasteiger partial charge in [-0.1, -0.05) is 15.9 Å². The van der Waals surface area contributed by atoms with Crippen LogP contribution < -0.4 is 0 Å². The van der Waals surface area contributed by atoms with Gasteiger partial charge in [-0.2, -0.15) is 0 Å². The number of alkyl halides is 1. The van der Waals surface area contributed by atoms with E-state index in [-0.39, 0.29) is 11.8 Å². The quantitative estimate of drug-likeness (QED) is 0.460. The monoisotopic (exact) mass is 304 g/mol. The van der Waals surface area contributed by atoms with Crippen molar-refractivity contribution in [2.45, 2.75) is 19.8 Å². The highest BCUT2D eigenvalue weighted by atomic mass is 79.9. The van der Waals surface area contributed by atoms with E-state index in [1.54, 1.807) is 19.1 Å². The first-order chi connectivity index (χ1) is 7.69. The Kier molecular flexibility index (Phi) is 5.69. The summed E-state index contributed by atoms with van der Waals surface area (Å²) in [5.74, 6) is -0.271. The third kappa shape index (κ3) is 3.72. The third-order valence-electron chi connectivity index (χ3n) is 1.89. The van der Waals surface area contributed by atoms with Gasteiger partial charge >= 0.3 is 5.97 Å². The van der Waals surface area contributed by atoms with Gasteiger partial charge in [0, 0.05) is 11.8 Å². The number of rotatable bonds is 6. The molecule has 0 spiro atoms. The maximum Gasteiger partial charge on any atom is 0.348 e. The number of ketones is 1. The Hall–Kier alpha value is -0.680. The predicted octanol–water partition coefficient (Wildman–Crippen LogP) is 3.28. The zero-order valence-corrected chi connectivity index (χ0v) is 11.4. The molecule has 0 aliphatic rings. The van der Waals surface area contributed by atoms with Crippen LogP contribution in [0.3, 0.4) is 0 Å². The maximum atomic E-state index is 11.6. The molecule has 5 heteroatoms. The summed E-state index contributed by atoms with van der Waals surface area (Å²) in [5, 5.41) is 0.814. The van der Waals surface area contributed by atoms with Gasteiger partial charge < -0.3 is 4.74 Å². The van der Waals surface area contributed by atoms with E-state index < -0.39 is 0 Å². The normalized spacial score (nSPS) is 10.1. The van der Waals surface area contributed by atoms with Crippen molar-refractivity contribution in [3.63, 3.8) is 0 Å². The number of esters is 1. The van der Waals surface area contributed by atoms with Crippen molar-refractivity contribution < 1.29 is 14.3 Å². The summed E-state index contributed by atoms with van der Waals surface area (Å²) in [7, 11) is 0. The highest BCUT2D eigenvalue weighted by Crippen LogP contribution is 2.19. The number of Topliss-reactive ketones (excluding diaryl/α,β-unsaturated/α-hetero) is 1. The number of ether oxygens (including phenoxy) is 1. The standard InChI is InChI=1S/C11H13BrO3S/c1-2-15-11(14)10-6-5-9(16-10)8(13)4-3-7-12/h5-6H,2-4,7H2,1H3. The smallest absolute Gasteiger partial charge is 0.348 e. The van der Waals surface area contributed by atoms with Crippen molar-refractivity contribution in [3.8, 4) is 0 Å². The topological polar surface area (TPSA) is 43.4 Å². The summed E-state index contributed by atoms with van der Waals surface area (Å²) in [5.41, 5.74) is 0. The van der Waals surface area contributed by atoms with Gasteiger partial charge in [0.25, 0.3) is 0 Å². The number of halogens is 1. The highest BCUT2D eigenvalue weighted by molar-refractivity contribution is 9.09. The van der Waals surface area contributed by atoms with E-state index in [1.807, 2.05) is 0 Å². The molecule has 16 heavy (non-hydrogen) atoms. The van der Waals surface area contributed by atoms with Crippen molar-refractivity contribution in [1.29, 1.82) is 0 Å². The van der Waals surface area contributed by atoms with E-state index >= 15 is 0 Å². The van der Waals surface area contributed by atoms with Crippen molar-refractivity contribution in [1.82, 2.24) is 0 Å². The Labute approximate surface area is 107 Å². The molecule has 0 radical (unpaired) electrons. The highest BCUT2D eigenvalue weighted by Gasteiger charge is 2.13. The molecule has 0 aliphatic heterocycles. The van der Waals surface area contributed by atoms with Crippen LogP contribution in [0.25, 0.3) is 0 Å². The Morgan fingerprint density at radius 2 is 2.06 bits per heavy atom. The van der Waals surface area contributed by atoms with Gasteiger partial charge in [0.2, 0.25) is 0 Å². The Morgan fingerprint density at radius 3 is 2.69 bits per heavy atom. The minimum Gasteiger partial charge on any atom is -0.462 e. The van der Waals surface area contributed by atoms with Gasteiger partial charge in [-0.15, -0.1) is 11.3 Å². The predicted molar refractivity (Wildman–Crippen MR) is 67.6 cm³/mol. The molecule has 3 nitrogen and oxygen atoms in total. The second kappa shape index (κ2) is 6.81. The summed E-state index contributed by atoms with van der Waals surface area (Å²) in [4.78, 5) is 24.1. The van der Waals surface area contributed by atoms with Gasteiger partial charge in [0.1, 0.15) is 4.88 Å². The molecule has 1 aromatic rings. The maximum absolute atomic E-state index is 11.6. The zero-order valence-electron chi connectivity index (χ0n) is 8.99. The lowest BCUT2D eigenvalue weighted by Crippen LogP contribution is -2.01. The number of thiophene rings is 1. The van der Waals surface area contributed by atoms with Crippen LogP contribution in [0.1, 0.15) is 39.1 Å². The molecule has 0 aromatic carbocycles. The van der Waals surface area contributed by atoms with Crippen LogP contribution in [0.5, 0.6) is 0 Å². The molecular formula is C11H13BrO3S. The second-order valence-electron chi connectivity index (χ2n) is 3.10. The number of hydrogen-bond donors (Lipinski definition) is 0. The number of carbonyl (C=O) groups is 2. The average molecular weight is 305 g/mol. The van der Waals surface area contributed by atoms with Crippen LogP contribution in [0.4, 0.5) is 0 Å². The molecule has 88 valence electrons. The van der Waals surface area contributed by atoms with E-state index in [9.17, 15) is 9.59 Å². The fourth-order valence-electron chi connectivity index (χ4n) is 1.15. The summed E-state index contributed by atoms with van der Waals surface area (Å²) in [6, 6.07) is 3.33. The molecule has 0 aliphatic carbocycles. The van der Waals surface area contributed by atoms with Crippen molar-refractivity contribution in [2.75, 3.05) is 11.9 Å². The van der Waals surface area contributed by atoms with Gasteiger partial charge in [-0.3, -0.25) is 4.79 Å². The van der Waals surface area contributed by atoms with Gasteiger partial charge in [-0.05, 0) is 25.5 Å². The minimum absolute atomic E-state index is 0.0833. The largest absolute Gasteiger partial charge is 0.462 e.